The molecule has 0 radical (unpaired) electrons. The molecule has 0 amide bonds. The summed E-state index contributed by atoms with van der Waals surface area (Å²) in [6, 6.07) is 10.3. The maximum Gasteiger partial charge on any atom is 0.150 e. The quantitative estimate of drug-likeness (QED) is 0.736. The first-order valence-corrected chi connectivity index (χ1v) is 8.75. The molecule has 1 fully saturated rings. The molecule has 2 aromatic heterocycles. The summed E-state index contributed by atoms with van der Waals surface area (Å²) in [6.07, 6.45) is 5.22. The highest BCUT2D eigenvalue weighted by Gasteiger charge is 2.26. The Balaban J connectivity index is 1.51. The molecule has 4 rings (SSSR count). The van der Waals surface area contributed by atoms with E-state index in [1.165, 1.54) is 5.56 Å². The number of morpholine rings is 1. The molecule has 3 heterocycles. The lowest BCUT2D eigenvalue weighted by Gasteiger charge is -2.33. The standard InChI is InChI=1S/C19H22N6O/c1-20-19-18(21-7-8-22-19)16-13-25(9-10-26-16)12-15-11-23-24-17(15)14-5-3-2-4-6-14/h2-8,11,16H,9-10,12-13H2,1H3,(H,20,22)(H,23,24)/t16-/m0/s1. The van der Waals surface area contributed by atoms with E-state index in [-0.39, 0.29) is 6.10 Å². The van der Waals surface area contributed by atoms with E-state index < -0.39 is 0 Å². The zero-order valence-electron chi connectivity index (χ0n) is 14.7. The average Bonchev–Trinajstić information content (AvgIpc) is 3.17. The Labute approximate surface area is 152 Å². The van der Waals surface area contributed by atoms with Gasteiger partial charge < -0.3 is 10.1 Å². The molecule has 0 saturated carbocycles. The van der Waals surface area contributed by atoms with Crippen molar-refractivity contribution in [3.63, 3.8) is 0 Å². The number of hydrogen-bond acceptors (Lipinski definition) is 6. The summed E-state index contributed by atoms with van der Waals surface area (Å²) in [4.78, 5) is 11.2. The third-order valence-corrected chi connectivity index (χ3v) is 4.59. The van der Waals surface area contributed by atoms with Crippen LogP contribution in [0.4, 0.5) is 5.82 Å². The third-order valence-electron chi connectivity index (χ3n) is 4.59. The molecule has 0 aliphatic carbocycles. The number of ether oxygens (including phenoxy) is 1. The van der Waals surface area contributed by atoms with Gasteiger partial charge in [0.25, 0.3) is 0 Å². The molecule has 1 aliphatic heterocycles. The van der Waals surface area contributed by atoms with Crippen LogP contribution in [0.2, 0.25) is 0 Å². The van der Waals surface area contributed by atoms with Crippen molar-refractivity contribution < 1.29 is 4.74 Å². The van der Waals surface area contributed by atoms with E-state index in [2.05, 4.69) is 42.5 Å². The molecule has 1 atom stereocenters. The van der Waals surface area contributed by atoms with Crippen LogP contribution in [0.15, 0.2) is 48.9 Å². The lowest BCUT2D eigenvalue weighted by Crippen LogP contribution is -2.38. The highest BCUT2D eigenvalue weighted by atomic mass is 16.5. The minimum absolute atomic E-state index is 0.0908. The highest BCUT2D eigenvalue weighted by molar-refractivity contribution is 5.62. The molecule has 7 nitrogen and oxygen atoms in total. The fraction of sp³-hybridized carbons (Fsp3) is 0.316. The summed E-state index contributed by atoms with van der Waals surface area (Å²) < 4.78 is 5.96. The Morgan fingerprint density at radius 1 is 1.23 bits per heavy atom. The Bertz CT molecular complexity index is 850. The summed E-state index contributed by atoms with van der Waals surface area (Å²) in [5.74, 6) is 0.771. The summed E-state index contributed by atoms with van der Waals surface area (Å²) in [5, 5.41) is 10.5. The predicted octanol–water partition coefficient (Wildman–Crippen LogP) is 2.48. The van der Waals surface area contributed by atoms with Gasteiger partial charge in [-0.15, -0.1) is 0 Å². The lowest BCUT2D eigenvalue weighted by molar-refractivity contribution is -0.0347. The molecule has 2 N–H and O–H groups in total. The molecule has 0 bridgehead atoms. The maximum atomic E-state index is 5.96. The normalized spacial score (nSPS) is 18.0. The molecular formula is C19H22N6O. The Morgan fingerprint density at radius 3 is 2.92 bits per heavy atom. The van der Waals surface area contributed by atoms with Crippen LogP contribution in [0, 0.1) is 0 Å². The highest BCUT2D eigenvalue weighted by Crippen LogP contribution is 2.27. The fourth-order valence-corrected chi connectivity index (χ4v) is 3.32. The van der Waals surface area contributed by atoms with Gasteiger partial charge in [-0.25, -0.2) is 4.98 Å². The van der Waals surface area contributed by atoms with Gasteiger partial charge in [-0.3, -0.25) is 15.0 Å². The van der Waals surface area contributed by atoms with Crippen LogP contribution < -0.4 is 5.32 Å². The number of aromatic amines is 1. The number of anilines is 1. The zero-order valence-corrected chi connectivity index (χ0v) is 14.7. The van der Waals surface area contributed by atoms with Gasteiger partial charge in [0.05, 0.1) is 18.5 Å². The topological polar surface area (TPSA) is 79.0 Å². The molecule has 134 valence electrons. The van der Waals surface area contributed by atoms with Crippen LogP contribution in [0.5, 0.6) is 0 Å². The van der Waals surface area contributed by atoms with Gasteiger partial charge >= 0.3 is 0 Å². The summed E-state index contributed by atoms with van der Waals surface area (Å²) in [7, 11) is 1.85. The van der Waals surface area contributed by atoms with E-state index in [1.807, 2.05) is 31.4 Å². The molecule has 7 heteroatoms. The van der Waals surface area contributed by atoms with Gasteiger partial charge in [0.1, 0.15) is 17.6 Å². The Hall–Kier alpha value is -2.77. The number of nitrogens with zero attached hydrogens (tertiary/aromatic N) is 4. The fourth-order valence-electron chi connectivity index (χ4n) is 3.32. The van der Waals surface area contributed by atoms with Crippen molar-refractivity contribution in [2.75, 3.05) is 32.1 Å². The second-order valence-corrected chi connectivity index (χ2v) is 6.27. The summed E-state index contributed by atoms with van der Waals surface area (Å²) in [5.41, 5.74) is 4.26. The van der Waals surface area contributed by atoms with Crippen molar-refractivity contribution in [1.82, 2.24) is 25.1 Å². The van der Waals surface area contributed by atoms with Crippen LogP contribution in [0.25, 0.3) is 11.3 Å². The SMILES string of the molecule is CNc1nccnc1[C@@H]1CN(Cc2cn[nH]c2-c2ccccc2)CCO1. The average molecular weight is 350 g/mol. The molecule has 1 saturated heterocycles. The van der Waals surface area contributed by atoms with Crippen molar-refractivity contribution in [1.29, 1.82) is 0 Å². The number of benzene rings is 1. The number of rotatable bonds is 5. The maximum absolute atomic E-state index is 5.96. The van der Waals surface area contributed by atoms with E-state index in [9.17, 15) is 0 Å². The Morgan fingerprint density at radius 2 is 2.08 bits per heavy atom. The molecule has 0 unspecified atom stereocenters. The van der Waals surface area contributed by atoms with E-state index >= 15 is 0 Å². The lowest BCUT2D eigenvalue weighted by atomic mass is 10.1. The number of hydrogen-bond donors (Lipinski definition) is 2. The second kappa shape index (κ2) is 7.63. The number of nitrogens with one attached hydrogen (secondary N) is 2. The first-order chi connectivity index (χ1) is 12.8. The van der Waals surface area contributed by atoms with Crippen LogP contribution >= 0.6 is 0 Å². The number of aromatic nitrogens is 4. The van der Waals surface area contributed by atoms with E-state index in [0.717, 1.165) is 42.4 Å². The van der Waals surface area contributed by atoms with Gasteiger partial charge in [-0.2, -0.15) is 5.10 Å². The molecular weight excluding hydrogens is 328 g/mol. The van der Waals surface area contributed by atoms with Crippen molar-refractivity contribution >= 4 is 5.82 Å². The van der Waals surface area contributed by atoms with Crippen molar-refractivity contribution in [3.05, 3.63) is 60.2 Å². The van der Waals surface area contributed by atoms with Crippen LogP contribution in [0.3, 0.4) is 0 Å². The van der Waals surface area contributed by atoms with Gasteiger partial charge in [-0.1, -0.05) is 30.3 Å². The summed E-state index contributed by atoms with van der Waals surface area (Å²) in [6.45, 7) is 3.14. The van der Waals surface area contributed by atoms with Gasteiger partial charge in [0.2, 0.25) is 0 Å². The van der Waals surface area contributed by atoms with E-state index in [4.69, 9.17) is 4.74 Å². The van der Waals surface area contributed by atoms with Crippen LogP contribution in [0.1, 0.15) is 17.4 Å². The minimum atomic E-state index is -0.0908. The molecule has 1 aromatic carbocycles. The Kier molecular flexibility index (Phi) is 4.90. The first-order valence-electron chi connectivity index (χ1n) is 8.75. The molecule has 3 aromatic rings. The smallest absolute Gasteiger partial charge is 0.150 e. The van der Waals surface area contributed by atoms with Gasteiger partial charge in [0, 0.05) is 44.6 Å². The third kappa shape index (κ3) is 3.44. The van der Waals surface area contributed by atoms with Crippen LogP contribution in [-0.2, 0) is 11.3 Å². The summed E-state index contributed by atoms with van der Waals surface area (Å²) >= 11 is 0. The molecule has 26 heavy (non-hydrogen) atoms. The monoisotopic (exact) mass is 350 g/mol. The van der Waals surface area contributed by atoms with E-state index in [1.54, 1.807) is 12.4 Å². The molecule has 1 aliphatic rings. The zero-order chi connectivity index (χ0) is 17.8. The van der Waals surface area contributed by atoms with Crippen LogP contribution in [-0.4, -0.2) is 51.8 Å². The first kappa shape index (κ1) is 16.7. The van der Waals surface area contributed by atoms with Crippen molar-refractivity contribution in [2.24, 2.45) is 0 Å². The van der Waals surface area contributed by atoms with Gasteiger partial charge in [0.15, 0.2) is 0 Å². The predicted molar refractivity (Wildman–Crippen MR) is 99.6 cm³/mol. The number of H-pyrrole nitrogens is 1. The van der Waals surface area contributed by atoms with Crippen molar-refractivity contribution in [3.8, 4) is 11.3 Å². The largest absolute Gasteiger partial charge is 0.372 e. The van der Waals surface area contributed by atoms with Crippen molar-refractivity contribution in [2.45, 2.75) is 12.6 Å². The second-order valence-electron chi connectivity index (χ2n) is 6.27. The van der Waals surface area contributed by atoms with E-state index in [0.29, 0.717) is 6.61 Å². The van der Waals surface area contributed by atoms with Gasteiger partial charge in [-0.05, 0) is 5.56 Å². The molecule has 0 spiro atoms. The minimum Gasteiger partial charge on any atom is -0.372 e.